The minimum Gasteiger partial charge on any atom is -0.458 e. The number of aromatic nitrogens is 2. The zero-order chi connectivity index (χ0) is 14.8. The number of halogens is 1. The number of hydrogen-bond donors (Lipinski definition) is 0. The van der Waals surface area contributed by atoms with Gasteiger partial charge in [-0.2, -0.15) is 0 Å². The average Bonchev–Trinajstić information content (AvgIpc) is 3.10. The van der Waals surface area contributed by atoms with Crippen LogP contribution in [0.2, 0.25) is 5.02 Å². The molecular weight excluding hydrogens is 310 g/mol. The molecule has 1 amide bonds. The number of nitrogens with zero attached hydrogens (tertiary/aromatic N) is 3. The van der Waals surface area contributed by atoms with Crippen LogP contribution in [0.3, 0.4) is 0 Å². The molecule has 21 heavy (non-hydrogen) atoms. The second kappa shape index (κ2) is 5.99. The van der Waals surface area contributed by atoms with Crippen LogP contribution < -0.4 is 4.74 Å². The molecule has 3 heterocycles. The molecule has 0 radical (unpaired) electrons. The van der Waals surface area contributed by atoms with E-state index in [0.29, 0.717) is 24.1 Å². The van der Waals surface area contributed by atoms with Gasteiger partial charge in [-0.05, 0) is 23.9 Å². The smallest absolute Gasteiger partial charge is 0.316 e. The topological polar surface area (TPSA) is 55.3 Å². The third kappa shape index (κ3) is 3.33. The molecule has 5 nitrogen and oxygen atoms in total. The van der Waals surface area contributed by atoms with Gasteiger partial charge in [0.2, 0.25) is 0 Å². The van der Waals surface area contributed by atoms with Crippen molar-refractivity contribution in [3.63, 3.8) is 0 Å². The van der Waals surface area contributed by atoms with Crippen LogP contribution in [0.25, 0.3) is 0 Å². The van der Waals surface area contributed by atoms with Gasteiger partial charge in [-0.1, -0.05) is 11.6 Å². The van der Waals surface area contributed by atoms with Crippen molar-refractivity contribution < 1.29 is 9.53 Å². The lowest BCUT2D eigenvalue weighted by Crippen LogP contribution is -2.30. The van der Waals surface area contributed by atoms with Gasteiger partial charge in [0.1, 0.15) is 6.10 Å². The van der Waals surface area contributed by atoms with Crippen molar-refractivity contribution in [2.24, 2.45) is 0 Å². The van der Waals surface area contributed by atoms with Gasteiger partial charge >= 0.3 is 6.01 Å². The number of carbonyl (C=O) groups excluding carboxylic acids is 1. The van der Waals surface area contributed by atoms with Gasteiger partial charge in [0.15, 0.2) is 0 Å². The lowest BCUT2D eigenvalue weighted by molar-refractivity contribution is 0.0774. The number of hydrogen-bond acceptors (Lipinski definition) is 5. The number of amides is 1. The summed E-state index contributed by atoms with van der Waals surface area (Å²) in [6.07, 6.45) is 3.70. The van der Waals surface area contributed by atoms with Gasteiger partial charge in [-0.3, -0.25) is 4.79 Å². The molecule has 1 aliphatic rings. The molecule has 1 saturated heterocycles. The monoisotopic (exact) mass is 323 g/mol. The molecule has 0 unspecified atom stereocenters. The van der Waals surface area contributed by atoms with E-state index < -0.39 is 0 Å². The molecule has 2 aromatic rings. The van der Waals surface area contributed by atoms with Gasteiger partial charge in [-0.15, -0.1) is 11.3 Å². The molecule has 1 aliphatic heterocycles. The number of likely N-dealkylation sites (tertiary alicyclic amines) is 1. The molecule has 0 saturated carbocycles. The largest absolute Gasteiger partial charge is 0.458 e. The predicted molar refractivity (Wildman–Crippen MR) is 81.0 cm³/mol. The summed E-state index contributed by atoms with van der Waals surface area (Å²) in [6.45, 7) is 3.23. The number of thiophene rings is 1. The summed E-state index contributed by atoms with van der Waals surface area (Å²) in [4.78, 5) is 22.9. The molecule has 2 aromatic heterocycles. The summed E-state index contributed by atoms with van der Waals surface area (Å²) in [7, 11) is 0. The van der Waals surface area contributed by atoms with Gasteiger partial charge in [-0.25, -0.2) is 9.97 Å². The second-order valence-corrected chi connectivity index (χ2v) is 6.30. The van der Waals surface area contributed by atoms with Crippen molar-refractivity contribution in [1.29, 1.82) is 0 Å². The van der Waals surface area contributed by atoms with Crippen molar-refractivity contribution in [1.82, 2.24) is 14.9 Å². The fourth-order valence-electron chi connectivity index (χ4n) is 2.22. The Hall–Kier alpha value is -1.66. The van der Waals surface area contributed by atoms with E-state index >= 15 is 0 Å². The Labute approximate surface area is 131 Å². The maximum Gasteiger partial charge on any atom is 0.316 e. The zero-order valence-electron chi connectivity index (χ0n) is 11.5. The van der Waals surface area contributed by atoms with Crippen LogP contribution in [0.15, 0.2) is 23.8 Å². The number of ether oxygens (including phenoxy) is 1. The Morgan fingerprint density at radius 3 is 2.90 bits per heavy atom. The third-order valence-electron chi connectivity index (χ3n) is 3.24. The van der Waals surface area contributed by atoms with Crippen molar-refractivity contribution in [2.75, 3.05) is 13.1 Å². The first-order chi connectivity index (χ1) is 10.1. The summed E-state index contributed by atoms with van der Waals surface area (Å²) >= 11 is 7.21. The van der Waals surface area contributed by atoms with Crippen LogP contribution in [-0.2, 0) is 0 Å². The highest BCUT2D eigenvalue weighted by molar-refractivity contribution is 7.12. The summed E-state index contributed by atoms with van der Waals surface area (Å²) in [5, 5.41) is 2.46. The second-order valence-electron chi connectivity index (χ2n) is 4.95. The zero-order valence-corrected chi connectivity index (χ0v) is 13.0. The maximum atomic E-state index is 12.3. The highest BCUT2D eigenvalue weighted by Crippen LogP contribution is 2.21. The van der Waals surface area contributed by atoms with Gasteiger partial charge in [0.05, 0.1) is 28.8 Å². The Morgan fingerprint density at radius 1 is 1.48 bits per heavy atom. The van der Waals surface area contributed by atoms with Crippen molar-refractivity contribution in [3.05, 3.63) is 39.3 Å². The number of carbonyl (C=O) groups is 1. The number of rotatable bonds is 3. The van der Waals surface area contributed by atoms with E-state index in [2.05, 4.69) is 9.97 Å². The molecule has 3 rings (SSSR count). The molecule has 110 valence electrons. The van der Waals surface area contributed by atoms with E-state index in [4.69, 9.17) is 16.3 Å². The average molecular weight is 324 g/mol. The minimum absolute atomic E-state index is 0.0659. The lowest BCUT2D eigenvalue weighted by Gasteiger charge is -2.15. The lowest BCUT2D eigenvalue weighted by atomic mass is 10.3. The van der Waals surface area contributed by atoms with Crippen LogP contribution in [-0.4, -0.2) is 40.0 Å². The first-order valence-electron chi connectivity index (χ1n) is 6.60. The van der Waals surface area contributed by atoms with Gasteiger partial charge in [0, 0.05) is 13.0 Å². The van der Waals surface area contributed by atoms with E-state index in [-0.39, 0.29) is 12.0 Å². The van der Waals surface area contributed by atoms with E-state index in [1.54, 1.807) is 0 Å². The van der Waals surface area contributed by atoms with Gasteiger partial charge in [0.25, 0.3) is 5.91 Å². The molecule has 0 bridgehead atoms. The van der Waals surface area contributed by atoms with Crippen LogP contribution in [0.4, 0.5) is 0 Å². The summed E-state index contributed by atoms with van der Waals surface area (Å²) in [5.41, 5.74) is 1.12. The Kier molecular flexibility index (Phi) is 4.07. The molecule has 0 aromatic carbocycles. The van der Waals surface area contributed by atoms with E-state index in [1.165, 1.54) is 23.7 Å². The summed E-state index contributed by atoms with van der Waals surface area (Å²) in [6, 6.07) is 2.22. The Balaban J connectivity index is 1.60. The molecule has 1 atom stereocenters. The third-order valence-corrected chi connectivity index (χ3v) is 4.47. The van der Waals surface area contributed by atoms with Crippen molar-refractivity contribution >= 4 is 28.8 Å². The van der Waals surface area contributed by atoms with Crippen LogP contribution in [0, 0.1) is 6.92 Å². The molecule has 7 heteroatoms. The molecule has 0 aliphatic carbocycles. The van der Waals surface area contributed by atoms with Crippen molar-refractivity contribution in [3.8, 4) is 6.01 Å². The highest BCUT2D eigenvalue weighted by Gasteiger charge is 2.29. The standard InChI is InChI=1S/C14H14ClN3O2S/c1-9-4-12(21-8-9)13(19)18-3-2-11(7-18)20-14-16-5-10(15)6-17-14/h4-6,8,11H,2-3,7H2,1H3/t11-/m0/s1. The fourth-order valence-corrected chi connectivity index (χ4v) is 3.18. The molecule has 0 spiro atoms. The van der Waals surface area contributed by atoms with Crippen LogP contribution in [0.1, 0.15) is 21.7 Å². The highest BCUT2D eigenvalue weighted by atomic mass is 35.5. The summed E-state index contributed by atoms with van der Waals surface area (Å²) < 4.78 is 5.68. The van der Waals surface area contributed by atoms with Crippen molar-refractivity contribution in [2.45, 2.75) is 19.4 Å². The summed E-state index contributed by atoms with van der Waals surface area (Å²) in [5.74, 6) is 0.0659. The van der Waals surface area contributed by atoms with Gasteiger partial charge < -0.3 is 9.64 Å². The Morgan fingerprint density at radius 2 is 2.24 bits per heavy atom. The van der Waals surface area contributed by atoms with E-state index in [9.17, 15) is 4.79 Å². The number of aryl methyl sites for hydroxylation is 1. The quantitative estimate of drug-likeness (QED) is 0.871. The van der Waals surface area contributed by atoms with E-state index in [0.717, 1.165) is 16.9 Å². The predicted octanol–water partition coefficient (Wildman–Crippen LogP) is 2.79. The maximum absolute atomic E-state index is 12.3. The normalized spacial score (nSPS) is 18.0. The fraction of sp³-hybridized carbons (Fsp3) is 0.357. The molecule has 1 fully saturated rings. The van der Waals surface area contributed by atoms with Crippen LogP contribution >= 0.6 is 22.9 Å². The SMILES string of the molecule is Cc1csc(C(=O)N2CC[C@H](Oc3ncc(Cl)cn3)C2)c1. The minimum atomic E-state index is -0.0730. The first kappa shape index (κ1) is 14.3. The molecular formula is C14H14ClN3O2S. The Bertz CT molecular complexity index is 644. The first-order valence-corrected chi connectivity index (χ1v) is 7.86. The molecule has 0 N–H and O–H groups in total. The van der Waals surface area contributed by atoms with E-state index in [1.807, 2.05) is 23.3 Å². The van der Waals surface area contributed by atoms with Crippen LogP contribution in [0.5, 0.6) is 6.01 Å².